The maximum absolute atomic E-state index is 11.6. The predicted octanol–water partition coefficient (Wildman–Crippen LogP) is 1.64. The van der Waals surface area contributed by atoms with Crippen molar-refractivity contribution < 1.29 is 9.53 Å². The molecule has 2 N–H and O–H groups in total. The Morgan fingerprint density at radius 1 is 1.42 bits per heavy atom. The van der Waals surface area contributed by atoms with E-state index in [2.05, 4.69) is 14.9 Å². The minimum Gasteiger partial charge on any atom is -0.465 e. The van der Waals surface area contributed by atoms with Crippen LogP contribution in [0.2, 0.25) is 0 Å². The second-order valence-electron chi connectivity index (χ2n) is 3.93. The van der Waals surface area contributed by atoms with Crippen molar-refractivity contribution in [1.29, 1.82) is 0 Å². The van der Waals surface area contributed by atoms with Gasteiger partial charge in [-0.1, -0.05) is 0 Å². The quantitative estimate of drug-likeness (QED) is 0.679. The number of ether oxygens (including phenoxy) is 1. The van der Waals surface area contributed by atoms with Gasteiger partial charge in [-0.05, 0) is 36.9 Å². The van der Waals surface area contributed by atoms with Crippen LogP contribution in [0.15, 0.2) is 28.3 Å². The van der Waals surface area contributed by atoms with Crippen LogP contribution in [0.1, 0.15) is 16.2 Å². The molecular formula is C12H14N4O2S. The zero-order valence-electron chi connectivity index (χ0n) is 10.9. The molecule has 2 aromatic rings. The number of benzene rings is 1. The zero-order valence-corrected chi connectivity index (χ0v) is 11.7. The van der Waals surface area contributed by atoms with Crippen molar-refractivity contribution in [1.82, 2.24) is 14.8 Å². The summed E-state index contributed by atoms with van der Waals surface area (Å²) < 4.78 is 6.56. The first kappa shape index (κ1) is 13.4. The number of aryl methyl sites for hydroxylation is 1. The van der Waals surface area contributed by atoms with Crippen molar-refractivity contribution in [2.24, 2.45) is 7.05 Å². The van der Waals surface area contributed by atoms with Gasteiger partial charge in [0.15, 0.2) is 5.16 Å². The first-order chi connectivity index (χ1) is 9.02. The number of carbonyl (C=O) groups excluding carboxylic acids is 1. The monoisotopic (exact) mass is 278 g/mol. The van der Waals surface area contributed by atoms with Crippen molar-refractivity contribution >= 4 is 23.4 Å². The predicted molar refractivity (Wildman–Crippen MR) is 72.1 cm³/mol. The van der Waals surface area contributed by atoms with Gasteiger partial charge in [0.2, 0.25) is 0 Å². The minimum absolute atomic E-state index is 0.353. The van der Waals surface area contributed by atoms with Gasteiger partial charge in [-0.15, -0.1) is 10.2 Å². The van der Waals surface area contributed by atoms with Gasteiger partial charge in [0, 0.05) is 17.6 Å². The Hall–Kier alpha value is -2.02. The lowest BCUT2D eigenvalue weighted by Crippen LogP contribution is -2.05. The number of rotatable bonds is 3. The second kappa shape index (κ2) is 5.31. The van der Waals surface area contributed by atoms with Crippen LogP contribution >= 0.6 is 11.8 Å². The molecule has 0 aliphatic carbocycles. The topological polar surface area (TPSA) is 83.0 Å². The molecule has 1 heterocycles. The number of aromatic nitrogens is 3. The molecule has 0 saturated heterocycles. The SMILES string of the molecule is COC(=O)c1cc(Sc2nnc(C)n2C)ccc1N. The van der Waals surface area contributed by atoms with E-state index in [1.165, 1.54) is 18.9 Å². The van der Waals surface area contributed by atoms with Gasteiger partial charge in [0.05, 0.1) is 12.7 Å². The molecule has 1 aromatic heterocycles. The molecule has 100 valence electrons. The molecule has 0 amide bonds. The van der Waals surface area contributed by atoms with Crippen molar-refractivity contribution in [3.8, 4) is 0 Å². The fourth-order valence-corrected chi connectivity index (χ4v) is 2.34. The number of hydrogen-bond donors (Lipinski definition) is 1. The largest absolute Gasteiger partial charge is 0.465 e. The van der Waals surface area contributed by atoms with Crippen LogP contribution in [0.25, 0.3) is 0 Å². The number of esters is 1. The lowest BCUT2D eigenvalue weighted by molar-refractivity contribution is 0.0601. The number of nitrogens with two attached hydrogens (primary N) is 1. The van der Waals surface area contributed by atoms with Crippen LogP contribution in [0.3, 0.4) is 0 Å². The number of anilines is 1. The Morgan fingerprint density at radius 2 is 2.16 bits per heavy atom. The summed E-state index contributed by atoms with van der Waals surface area (Å²) in [6.07, 6.45) is 0. The van der Waals surface area contributed by atoms with Crippen LogP contribution in [0.5, 0.6) is 0 Å². The van der Waals surface area contributed by atoms with Crippen LogP contribution in [0, 0.1) is 6.92 Å². The van der Waals surface area contributed by atoms with Crippen LogP contribution in [-0.4, -0.2) is 27.8 Å². The highest BCUT2D eigenvalue weighted by atomic mass is 32.2. The molecule has 0 radical (unpaired) electrons. The summed E-state index contributed by atoms with van der Waals surface area (Å²) in [7, 11) is 3.21. The summed E-state index contributed by atoms with van der Waals surface area (Å²) in [6.45, 7) is 1.87. The van der Waals surface area contributed by atoms with Crippen molar-refractivity contribution in [2.75, 3.05) is 12.8 Å². The van der Waals surface area contributed by atoms with E-state index >= 15 is 0 Å². The van der Waals surface area contributed by atoms with E-state index in [4.69, 9.17) is 5.73 Å². The van der Waals surface area contributed by atoms with E-state index in [0.29, 0.717) is 11.3 Å². The molecule has 0 saturated carbocycles. The molecule has 6 nitrogen and oxygen atoms in total. The number of nitrogens with zero attached hydrogens (tertiary/aromatic N) is 3. The summed E-state index contributed by atoms with van der Waals surface area (Å²) in [5, 5.41) is 8.78. The number of nitrogen functional groups attached to an aromatic ring is 1. The van der Waals surface area contributed by atoms with Crippen LogP contribution in [0.4, 0.5) is 5.69 Å². The normalized spacial score (nSPS) is 10.5. The van der Waals surface area contributed by atoms with Crippen molar-refractivity contribution in [3.63, 3.8) is 0 Å². The lowest BCUT2D eigenvalue weighted by Gasteiger charge is -2.06. The molecule has 0 spiro atoms. The van der Waals surface area contributed by atoms with E-state index in [0.717, 1.165) is 15.9 Å². The summed E-state index contributed by atoms with van der Waals surface area (Å²) in [6, 6.07) is 5.20. The third-order valence-electron chi connectivity index (χ3n) is 2.69. The lowest BCUT2D eigenvalue weighted by atomic mass is 10.2. The van der Waals surface area contributed by atoms with E-state index in [-0.39, 0.29) is 0 Å². The molecular weight excluding hydrogens is 264 g/mol. The number of hydrogen-bond acceptors (Lipinski definition) is 6. The van der Waals surface area contributed by atoms with E-state index in [1.54, 1.807) is 12.1 Å². The maximum Gasteiger partial charge on any atom is 0.339 e. The van der Waals surface area contributed by atoms with Crippen LogP contribution in [-0.2, 0) is 11.8 Å². The Balaban J connectivity index is 2.31. The summed E-state index contributed by atoms with van der Waals surface area (Å²) in [4.78, 5) is 12.4. The van der Waals surface area contributed by atoms with Gasteiger partial charge in [0.25, 0.3) is 0 Å². The maximum atomic E-state index is 11.6. The molecule has 1 aromatic carbocycles. The third-order valence-corrected chi connectivity index (χ3v) is 3.72. The number of carbonyl (C=O) groups is 1. The van der Waals surface area contributed by atoms with Crippen molar-refractivity contribution in [3.05, 3.63) is 29.6 Å². The molecule has 0 aliphatic heterocycles. The zero-order chi connectivity index (χ0) is 14.0. The average molecular weight is 278 g/mol. The highest BCUT2D eigenvalue weighted by Crippen LogP contribution is 2.28. The smallest absolute Gasteiger partial charge is 0.339 e. The number of methoxy groups -OCH3 is 1. The first-order valence-corrected chi connectivity index (χ1v) is 6.36. The highest BCUT2D eigenvalue weighted by Gasteiger charge is 2.13. The fourth-order valence-electron chi connectivity index (χ4n) is 1.47. The van der Waals surface area contributed by atoms with Gasteiger partial charge >= 0.3 is 5.97 Å². The Morgan fingerprint density at radius 3 is 2.74 bits per heavy atom. The molecule has 0 atom stereocenters. The van der Waals surface area contributed by atoms with E-state index in [9.17, 15) is 4.79 Å². The van der Waals surface area contributed by atoms with Crippen LogP contribution < -0.4 is 5.73 Å². The summed E-state index contributed by atoms with van der Waals surface area (Å²) in [5.41, 5.74) is 6.50. The van der Waals surface area contributed by atoms with Gasteiger partial charge in [-0.2, -0.15) is 0 Å². The van der Waals surface area contributed by atoms with Gasteiger partial charge in [-0.3, -0.25) is 0 Å². The van der Waals surface area contributed by atoms with Crippen molar-refractivity contribution in [2.45, 2.75) is 17.0 Å². The third kappa shape index (κ3) is 2.70. The van der Waals surface area contributed by atoms with Gasteiger partial charge in [-0.25, -0.2) is 4.79 Å². The molecule has 0 fully saturated rings. The Bertz CT molecular complexity index is 624. The molecule has 0 unspecified atom stereocenters. The molecule has 7 heteroatoms. The summed E-state index contributed by atoms with van der Waals surface area (Å²) in [5.74, 6) is 0.375. The molecule has 0 bridgehead atoms. The van der Waals surface area contributed by atoms with E-state index in [1.807, 2.05) is 24.6 Å². The van der Waals surface area contributed by atoms with Gasteiger partial charge < -0.3 is 15.0 Å². The Labute approximate surface area is 115 Å². The van der Waals surface area contributed by atoms with Gasteiger partial charge in [0.1, 0.15) is 5.82 Å². The fraction of sp³-hybridized carbons (Fsp3) is 0.250. The molecule has 2 rings (SSSR count). The van der Waals surface area contributed by atoms with E-state index < -0.39 is 5.97 Å². The highest BCUT2D eigenvalue weighted by molar-refractivity contribution is 7.99. The Kier molecular flexibility index (Phi) is 3.75. The molecule has 0 aliphatic rings. The average Bonchev–Trinajstić information content (AvgIpc) is 2.72. The molecule has 19 heavy (non-hydrogen) atoms. The minimum atomic E-state index is -0.450. The summed E-state index contributed by atoms with van der Waals surface area (Å²) >= 11 is 1.41. The first-order valence-electron chi connectivity index (χ1n) is 5.54. The standard InChI is InChI=1S/C12H14N4O2S/c1-7-14-15-12(16(7)2)19-8-4-5-10(13)9(6-8)11(17)18-3/h4-6H,13H2,1-3H3. The second-order valence-corrected chi connectivity index (χ2v) is 4.97.